The van der Waals surface area contributed by atoms with Gasteiger partial charge in [-0.3, -0.25) is 5.10 Å². The number of aryl methyl sites for hydroxylation is 1. The lowest BCUT2D eigenvalue weighted by Gasteiger charge is -2.15. The van der Waals surface area contributed by atoms with Gasteiger partial charge in [-0.15, -0.1) is 0 Å². The summed E-state index contributed by atoms with van der Waals surface area (Å²) in [6.45, 7) is 1.93. The van der Waals surface area contributed by atoms with Crippen molar-refractivity contribution in [3.05, 3.63) is 45.8 Å². The van der Waals surface area contributed by atoms with Crippen LogP contribution < -0.4 is 0 Å². The average molecular weight is 414 g/mol. The third kappa shape index (κ3) is 3.02. The molecule has 0 aliphatic carbocycles. The molecule has 5 nitrogen and oxygen atoms in total. The molecule has 0 aliphatic heterocycles. The molecule has 0 radical (unpaired) electrons. The Balaban J connectivity index is 2.10. The van der Waals surface area contributed by atoms with E-state index in [1.54, 1.807) is 6.07 Å². The molecule has 0 unspecified atom stereocenters. The monoisotopic (exact) mass is 413 g/mol. The number of halogens is 5. The van der Waals surface area contributed by atoms with Crippen molar-refractivity contribution in [2.24, 2.45) is 0 Å². The average Bonchev–Trinajstić information content (AvgIpc) is 3.21. The van der Waals surface area contributed by atoms with E-state index in [4.69, 9.17) is 23.2 Å². The number of pyridine rings is 1. The van der Waals surface area contributed by atoms with Crippen LogP contribution in [0.2, 0.25) is 10.0 Å². The predicted molar refractivity (Wildman–Crippen MR) is 97.1 cm³/mol. The van der Waals surface area contributed by atoms with Gasteiger partial charge in [0, 0.05) is 17.4 Å². The molecule has 0 amide bonds. The topological polar surface area (TPSA) is 58.9 Å². The van der Waals surface area contributed by atoms with Crippen LogP contribution in [0.4, 0.5) is 13.2 Å². The number of hydrogen-bond donors (Lipinski definition) is 1. The summed E-state index contributed by atoms with van der Waals surface area (Å²) < 4.78 is 42.5. The third-order valence-corrected chi connectivity index (χ3v) is 4.73. The summed E-state index contributed by atoms with van der Waals surface area (Å²) in [7, 11) is 0. The van der Waals surface area contributed by atoms with Crippen LogP contribution in [0.15, 0.2) is 24.4 Å². The summed E-state index contributed by atoms with van der Waals surface area (Å²) >= 11 is 12.3. The van der Waals surface area contributed by atoms with E-state index in [-0.39, 0.29) is 26.9 Å². The van der Waals surface area contributed by atoms with E-state index in [0.717, 1.165) is 17.0 Å². The standard InChI is InChI=1S/C17H12Cl2F3N5/c1-2-3-13-24-16-12(19)6-10(17(20,21)22)15(27(16)26-13)8-4-9-7-23-25-14(9)11(18)5-8/h4-7H,2-3H2,1H3,(H,23,25). The summed E-state index contributed by atoms with van der Waals surface area (Å²) in [5, 5.41) is 11.6. The molecule has 4 aromatic rings. The highest BCUT2D eigenvalue weighted by molar-refractivity contribution is 6.35. The van der Waals surface area contributed by atoms with Gasteiger partial charge in [0.05, 0.1) is 33.0 Å². The Morgan fingerprint density at radius 2 is 1.93 bits per heavy atom. The summed E-state index contributed by atoms with van der Waals surface area (Å²) in [6.07, 6.45) is -1.86. The first-order chi connectivity index (χ1) is 12.8. The lowest BCUT2D eigenvalue weighted by Crippen LogP contribution is -2.11. The fourth-order valence-electron chi connectivity index (χ4n) is 3.01. The van der Waals surface area contributed by atoms with Crippen molar-refractivity contribution < 1.29 is 13.2 Å². The molecule has 3 aromatic heterocycles. The van der Waals surface area contributed by atoms with E-state index in [2.05, 4.69) is 20.3 Å². The zero-order chi connectivity index (χ0) is 19.3. The Kier molecular flexibility index (Phi) is 4.27. The minimum Gasteiger partial charge on any atom is -0.276 e. The fraction of sp³-hybridized carbons (Fsp3) is 0.235. The second-order valence-corrected chi connectivity index (χ2v) is 6.87. The first-order valence-electron chi connectivity index (χ1n) is 8.08. The van der Waals surface area contributed by atoms with Gasteiger partial charge in [0.1, 0.15) is 0 Å². The number of nitrogens with zero attached hydrogens (tertiary/aromatic N) is 4. The normalized spacial score (nSPS) is 12.4. The Morgan fingerprint density at radius 1 is 1.15 bits per heavy atom. The van der Waals surface area contributed by atoms with Crippen molar-refractivity contribution in [3.63, 3.8) is 0 Å². The van der Waals surface area contributed by atoms with E-state index in [9.17, 15) is 13.2 Å². The molecule has 0 spiro atoms. The molecule has 0 saturated heterocycles. The second-order valence-electron chi connectivity index (χ2n) is 6.06. The van der Waals surface area contributed by atoms with Gasteiger partial charge < -0.3 is 0 Å². The largest absolute Gasteiger partial charge is 0.418 e. The quantitative estimate of drug-likeness (QED) is 0.478. The molecule has 3 heterocycles. The highest BCUT2D eigenvalue weighted by Crippen LogP contribution is 2.41. The molecule has 1 aromatic carbocycles. The Hall–Kier alpha value is -2.32. The Labute approximate surface area is 161 Å². The highest BCUT2D eigenvalue weighted by atomic mass is 35.5. The molecule has 10 heteroatoms. The zero-order valence-corrected chi connectivity index (χ0v) is 15.4. The third-order valence-electron chi connectivity index (χ3n) is 4.16. The van der Waals surface area contributed by atoms with E-state index < -0.39 is 11.7 Å². The molecule has 0 bridgehead atoms. The summed E-state index contributed by atoms with van der Waals surface area (Å²) in [4.78, 5) is 4.29. The number of hydrogen-bond acceptors (Lipinski definition) is 3. The van der Waals surface area contributed by atoms with Gasteiger partial charge >= 0.3 is 6.18 Å². The number of alkyl halides is 3. The number of H-pyrrole nitrogens is 1. The first kappa shape index (κ1) is 18.1. The van der Waals surface area contributed by atoms with Crippen LogP contribution in [0.1, 0.15) is 24.7 Å². The van der Waals surface area contributed by atoms with Gasteiger partial charge in [-0.25, -0.2) is 9.50 Å². The van der Waals surface area contributed by atoms with E-state index in [0.29, 0.717) is 23.1 Å². The molecule has 140 valence electrons. The van der Waals surface area contributed by atoms with Gasteiger partial charge in [-0.05, 0) is 24.6 Å². The van der Waals surface area contributed by atoms with Gasteiger partial charge in [0.15, 0.2) is 11.5 Å². The molecule has 0 atom stereocenters. The zero-order valence-electron chi connectivity index (χ0n) is 13.9. The molecular weight excluding hydrogens is 402 g/mol. The number of fused-ring (bicyclic) bond motifs is 2. The van der Waals surface area contributed by atoms with Crippen LogP contribution >= 0.6 is 23.2 Å². The van der Waals surface area contributed by atoms with Gasteiger partial charge in [0.2, 0.25) is 0 Å². The summed E-state index contributed by atoms with van der Waals surface area (Å²) in [6, 6.07) is 3.90. The van der Waals surface area contributed by atoms with Crippen molar-refractivity contribution in [2.45, 2.75) is 25.9 Å². The minimum absolute atomic E-state index is 0.114. The molecule has 27 heavy (non-hydrogen) atoms. The van der Waals surface area contributed by atoms with Crippen molar-refractivity contribution in [1.29, 1.82) is 0 Å². The molecule has 0 aliphatic rings. The highest BCUT2D eigenvalue weighted by Gasteiger charge is 2.37. The molecule has 0 saturated carbocycles. The smallest absolute Gasteiger partial charge is 0.276 e. The minimum atomic E-state index is -4.64. The Morgan fingerprint density at radius 3 is 2.63 bits per heavy atom. The van der Waals surface area contributed by atoms with Gasteiger partial charge in [-0.1, -0.05) is 30.1 Å². The summed E-state index contributed by atoms with van der Waals surface area (Å²) in [5.41, 5.74) is -0.111. The van der Waals surface area contributed by atoms with Crippen LogP contribution in [-0.2, 0) is 12.6 Å². The van der Waals surface area contributed by atoms with Gasteiger partial charge in [0.25, 0.3) is 0 Å². The van der Waals surface area contributed by atoms with Crippen LogP contribution in [0, 0.1) is 0 Å². The number of benzene rings is 1. The SMILES string of the molecule is CCCc1nc2c(Cl)cc(C(F)(F)F)c(-c3cc(Cl)c4[nH]ncc4c3)n2n1. The number of rotatable bonds is 3. The molecule has 4 rings (SSSR count). The van der Waals surface area contributed by atoms with Crippen molar-refractivity contribution in [3.8, 4) is 11.3 Å². The molecule has 1 N–H and O–H groups in total. The lowest BCUT2D eigenvalue weighted by atomic mass is 10.0. The molecular formula is C17H12Cl2F3N5. The van der Waals surface area contributed by atoms with E-state index in [1.165, 1.54) is 12.3 Å². The summed E-state index contributed by atoms with van der Waals surface area (Å²) in [5.74, 6) is 0.426. The van der Waals surface area contributed by atoms with E-state index >= 15 is 0 Å². The van der Waals surface area contributed by atoms with Crippen molar-refractivity contribution >= 4 is 39.8 Å². The Bertz CT molecular complexity index is 1160. The maximum atomic E-state index is 13.8. The van der Waals surface area contributed by atoms with Crippen molar-refractivity contribution in [2.75, 3.05) is 0 Å². The van der Waals surface area contributed by atoms with Crippen LogP contribution in [0.3, 0.4) is 0 Å². The second kappa shape index (κ2) is 6.38. The van der Waals surface area contributed by atoms with Crippen LogP contribution in [-0.4, -0.2) is 24.8 Å². The van der Waals surface area contributed by atoms with Crippen LogP contribution in [0.25, 0.3) is 27.8 Å². The van der Waals surface area contributed by atoms with E-state index in [1.807, 2.05) is 6.92 Å². The lowest BCUT2D eigenvalue weighted by molar-refractivity contribution is -0.137. The van der Waals surface area contributed by atoms with Crippen LogP contribution in [0.5, 0.6) is 0 Å². The number of aromatic nitrogens is 5. The maximum absolute atomic E-state index is 13.8. The number of aromatic amines is 1. The maximum Gasteiger partial charge on any atom is 0.418 e. The first-order valence-corrected chi connectivity index (χ1v) is 8.83. The predicted octanol–water partition coefficient (Wildman–Crippen LogP) is 5.55. The molecule has 0 fully saturated rings. The fourth-order valence-corrected chi connectivity index (χ4v) is 3.51. The van der Waals surface area contributed by atoms with Crippen molar-refractivity contribution in [1.82, 2.24) is 24.8 Å². The number of nitrogens with one attached hydrogen (secondary N) is 1. The van der Waals surface area contributed by atoms with Gasteiger partial charge in [-0.2, -0.15) is 23.4 Å².